The summed E-state index contributed by atoms with van der Waals surface area (Å²) < 4.78 is 5.41. The van der Waals surface area contributed by atoms with Crippen molar-refractivity contribution in [2.24, 2.45) is 0 Å². The van der Waals surface area contributed by atoms with Crippen LogP contribution in [0.25, 0.3) is 0 Å². The smallest absolute Gasteiger partial charge is 0.257 e. The molecule has 0 atom stereocenters. The van der Waals surface area contributed by atoms with E-state index in [9.17, 15) is 4.79 Å². The summed E-state index contributed by atoms with van der Waals surface area (Å²) in [4.78, 5) is 16.7. The summed E-state index contributed by atoms with van der Waals surface area (Å²) in [5, 5.41) is 6.18. The third-order valence-corrected chi connectivity index (χ3v) is 4.00. The Labute approximate surface area is 159 Å². The number of aromatic nitrogens is 1. The van der Waals surface area contributed by atoms with Gasteiger partial charge in [-0.3, -0.25) is 9.78 Å². The highest BCUT2D eigenvalue weighted by molar-refractivity contribution is 6.04. The Kier molecular flexibility index (Phi) is 6.05. The van der Waals surface area contributed by atoms with Crippen LogP contribution >= 0.6 is 0 Å². The van der Waals surface area contributed by atoms with E-state index >= 15 is 0 Å². The summed E-state index contributed by atoms with van der Waals surface area (Å²) in [5.74, 6) is 0.574. The van der Waals surface area contributed by atoms with Crippen LogP contribution in [0.2, 0.25) is 0 Å². The molecule has 0 fully saturated rings. The van der Waals surface area contributed by atoms with E-state index < -0.39 is 0 Å². The normalized spacial score (nSPS) is 10.3. The zero-order chi connectivity index (χ0) is 19.1. The lowest BCUT2D eigenvalue weighted by Gasteiger charge is -2.10. The van der Waals surface area contributed by atoms with Crippen LogP contribution in [-0.4, -0.2) is 17.5 Å². The minimum atomic E-state index is -0.203. The van der Waals surface area contributed by atoms with Gasteiger partial charge in [0.1, 0.15) is 5.75 Å². The lowest BCUT2D eigenvalue weighted by Crippen LogP contribution is -2.12. The first-order chi connectivity index (χ1) is 13.1. The number of carbonyl (C=O) groups is 1. The molecule has 5 heteroatoms. The van der Waals surface area contributed by atoms with E-state index in [0.29, 0.717) is 24.4 Å². The van der Waals surface area contributed by atoms with Gasteiger partial charge in [-0.05, 0) is 49.7 Å². The number of amides is 1. The summed E-state index contributed by atoms with van der Waals surface area (Å²) in [6.45, 7) is 5.28. The number of ether oxygens (including phenoxy) is 1. The van der Waals surface area contributed by atoms with E-state index in [4.69, 9.17) is 4.74 Å². The van der Waals surface area contributed by atoms with E-state index in [0.717, 1.165) is 11.4 Å². The fourth-order valence-corrected chi connectivity index (χ4v) is 2.69. The van der Waals surface area contributed by atoms with Crippen LogP contribution < -0.4 is 15.4 Å². The molecule has 2 N–H and O–H groups in total. The highest BCUT2D eigenvalue weighted by Crippen LogP contribution is 2.17. The molecule has 27 heavy (non-hydrogen) atoms. The van der Waals surface area contributed by atoms with Crippen LogP contribution in [0.3, 0.4) is 0 Å². The molecule has 0 aliphatic heterocycles. The maximum atomic E-state index is 12.5. The van der Waals surface area contributed by atoms with Crippen LogP contribution in [0.4, 0.5) is 11.4 Å². The molecule has 0 bridgehead atoms. The molecule has 0 saturated heterocycles. The Morgan fingerprint density at radius 1 is 1.04 bits per heavy atom. The summed E-state index contributed by atoms with van der Waals surface area (Å²) in [7, 11) is 0. The second-order valence-electron chi connectivity index (χ2n) is 6.22. The molecular formula is C22H23N3O2. The molecule has 138 valence electrons. The van der Waals surface area contributed by atoms with Crippen molar-refractivity contribution in [3.8, 4) is 5.75 Å². The number of benzene rings is 2. The SMILES string of the molecule is CCOc1ccc(NC(=O)c2cncc(NCc3cccc(C)c3)c2)cc1. The van der Waals surface area contributed by atoms with E-state index in [1.54, 1.807) is 18.5 Å². The van der Waals surface area contributed by atoms with Crippen molar-refractivity contribution >= 4 is 17.3 Å². The summed E-state index contributed by atoms with van der Waals surface area (Å²) in [5.41, 5.74) is 4.41. The van der Waals surface area contributed by atoms with Gasteiger partial charge in [0, 0.05) is 24.6 Å². The van der Waals surface area contributed by atoms with Gasteiger partial charge in [-0.15, -0.1) is 0 Å². The van der Waals surface area contributed by atoms with Crippen molar-refractivity contribution in [3.05, 3.63) is 83.7 Å². The maximum absolute atomic E-state index is 12.5. The highest BCUT2D eigenvalue weighted by Gasteiger charge is 2.08. The second kappa shape index (κ2) is 8.85. The van der Waals surface area contributed by atoms with Crippen molar-refractivity contribution < 1.29 is 9.53 Å². The molecule has 1 heterocycles. The Hall–Kier alpha value is -3.34. The molecule has 0 radical (unpaired) electrons. The predicted octanol–water partition coefficient (Wildman–Crippen LogP) is 4.65. The molecule has 0 saturated carbocycles. The van der Waals surface area contributed by atoms with Gasteiger partial charge in [-0.25, -0.2) is 0 Å². The first-order valence-electron chi connectivity index (χ1n) is 8.92. The number of nitrogens with one attached hydrogen (secondary N) is 2. The van der Waals surface area contributed by atoms with Gasteiger partial charge in [0.2, 0.25) is 0 Å². The average molecular weight is 361 g/mol. The molecule has 2 aromatic carbocycles. The number of aryl methyl sites for hydroxylation is 1. The Bertz CT molecular complexity index is 907. The monoisotopic (exact) mass is 361 g/mol. The zero-order valence-electron chi connectivity index (χ0n) is 15.5. The Morgan fingerprint density at radius 3 is 2.59 bits per heavy atom. The third-order valence-electron chi connectivity index (χ3n) is 4.00. The lowest BCUT2D eigenvalue weighted by molar-refractivity contribution is 0.102. The van der Waals surface area contributed by atoms with Crippen LogP contribution in [0.5, 0.6) is 5.75 Å². The quantitative estimate of drug-likeness (QED) is 0.643. The van der Waals surface area contributed by atoms with Crippen molar-refractivity contribution in [1.29, 1.82) is 0 Å². The average Bonchev–Trinajstić information content (AvgIpc) is 2.68. The first kappa shape index (κ1) is 18.5. The van der Waals surface area contributed by atoms with E-state index in [2.05, 4.69) is 40.7 Å². The number of pyridine rings is 1. The van der Waals surface area contributed by atoms with Crippen LogP contribution in [0.15, 0.2) is 67.0 Å². The molecule has 0 unspecified atom stereocenters. The molecule has 3 aromatic rings. The standard InChI is InChI=1S/C22H23N3O2/c1-3-27-21-9-7-19(8-10-21)25-22(26)18-12-20(15-23-14-18)24-13-17-6-4-5-16(2)11-17/h4-12,14-15,24H,3,13H2,1-2H3,(H,25,26). The second-order valence-corrected chi connectivity index (χ2v) is 6.22. The minimum absolute atomic E-state index is 0.203. The molecule has 0 spiro atoms. The van der Waals surface area contributed by atoms with Gasteiger partial charge >= 0.3 is 0 Å². The van der Waals surface area contributed by atoms with Gasteiger partial charge in [0.15, 0.2) is 0 Å². The Balaban J connectivity index is 1.62. The lowest BCUT2D eigenvalue weighted by atomic mass is 10.1. The van der Waals surface area contributed by atoms with Crippen molar-refractivity contribution in [1.82, 2.24) is 4.98 Å². The topological polar surface area (TPSA) is 63.2 Å². The minimum Gasteiger partial charge on any atom is -0.494 e. The van der Waals surface area contributed by atoms with Crippen LogP contribution in [-0.2, 0) is 6.54 Å². The number of hydrogen-bond donors (Lipinski definition) is 2. The van der Waals surface area contributed by atoms with Gasteiger partial charge in [-0.2, -0.15) is 0 Å². The van der Waals surface area contributed by atoms with Gasteiger partial charge < -0.3 is 15.4 Å². The van der Waals surface area contributed by atoms with Crippen LogP contribution in [0.1, 0.15) is 28.4 Å². The van der Waals surface area contributed by atoms with Crippen molar-refractivity contribution in [3.63, 3.8) is 0 Å². The van der Waals surface area contributed by atoms with Crippen molar-refractivity contribution in [2.45, 2.75) is 20.4 Å². The van der Waals surface area contributed by atoms with Gasteiger partial charge in [-0.1, -0.05) is 29.8 Å². The number of carbonyl (C=O) groups excluding carboxylic acids is 1. The number of anilines is 2. The highest BCUT2D eigenvalue weighted by atomic mass is 16.5. The summed E-state index contributed by atoms with van der Waals surface area (Å²) in [6.07, 6.45) is 3.27. The molecule has 1 amide bonds. The maximum Gasteiger partial charge on any atom is 0.257 e. The van der Waals surface area contributed by atoms with E-state index in [-0.39, 0.29) is 5.91 Å². The summed E-state index contributed by atoms with van der Waals surface area (Å²) in [6, 6.07) is 17.4. The van der Waals surface area contributed by atoms with Gasteiger partial charge in [0.25, 0.3) is 5.91 Å². The molecular weight excluding hydrogens is 338 g/mol. The first-order valence-corrected chi connectivity index (χ1v) is 8.92. The molecule has 1 aromatic heterocycles. The fraction of sp³-hybridized carbons (Fsp3) is 0.182. The Morgan fingerprint density at radius 2 is 1.85 bits per heavy atom. The molecule has 0 aliphatic rings. The summed E-state index contributed by atoms with van der Waals surface area (Å²) >= 11 is 0. The zero-order valence-corrected chi connectivity index (χ0v) is 15.5. The number of nitrogens with zero attached hydrogens (tertiary/aromatic N) is 1. The largest absolute Gasteiger partial charge is 0.494 e. The predicted molar refractivity (Wildman–Crippen MR) is 108 cm³/mol. The number of hydrogen-bond acceptors (Lipinski definition) is 4. The molecule has 3 rings (SSSR count). The number of rotatable bonds is 7. The fourth-order valence-electron chi connectivity index (χ4n) is 2.69. The van der Waals surface area contributed by atoms with Crippen LogP contribution in [0, 0.1) is 6.92 Å². The van der Waals surface area contributed by atoms with E-state index in [1.165, 1.54) is 11.1 Å². The molecule has 0 aliphatic carbocycles. The molecule has 5 nitrogen and oxygen atoms in total. The third kappa shape index (κ3) is 5.31. The van der Waals surface area contributed by atoms with Crippen molar-refractivity contribution in [2.75, 3.05) is 17.2 Å². The van der Waals surface area contributed by atoms with E-state index in [1.807, 2.05) is 37.3 Å². The van der Waals surface area contributed by atoms with Gasteiger partial charge in [0.05, 0.1) is 17.9 Å².